The molecule has 0 aliphatic carbocycles. The molecule has 2 N–H and O–H groups in total. The normalized spacial score (nSPS) is 19.9. The van der Waals surface area contributed by atoms with Crippen LogP contribution in [0.3, 0.4) is 0 Å². The third-order valence-electron chi connectivity index (χ3n) is 5.25. The highest BCUT2D eigenvalue weighted by Gasteiger charge is 2.36. The average molecular weight is 369 g/mol. The first-order valence-corrected chi connectivity index (χ1v) is 10.3. The number of rotatable bonds is 17. The minimum atomic E-state index is -1.22. The first kappa shape index (κ1) is 22.7. The number of hydrogen-bond donors (Lipinski definition) is 2. The number of carboxylic acid groups (broad SMARTS) is 2. The molecule has 5 heteroatoms. The minimum Gasteiger partial charge on any atom is -0.481 e. The van der Waals surface area contributed by atoms with Gasteiger partial charge in [-0.15, -0.1) is 0 Å². The van der Waals surface area contributed by atoms with E-state index in [2.05, 4.69) is 13.5 Å². The molecule has 1 rings (SSSR count). The molecule has 1 fully saturated rings. The summed E-state index contributed by atoms with van der Waals surface area (Å²) in [5.74, 6) is -3.29. The van der Waals surface area contributed by atoms with Gasteiger partial charge >= 0.3 is 11.9 Å². The summed E-state index contributed by atoms with van der Waals surface area (Å²) in [6.07, 6.45) is 15.2. The second kappa shape index (κ2) is 12.9. The van der Waals surface area contributed by atoms with Crippen molar-refractivity contribution in [3.05, 3.63) is 12.2 Å². The van der Waals surface area contributed by atoms with Gasteiger partial charge in [0.1, 0.15) is 0 Å². The van der Waals surface area contributed by atoms with Crippen molar-refractivity contribution in [1.82, 2.24) is 0 Å². The second-order valence-electron chi connectivity index (χ2n) is 7.48. The molecule has 0 amide bonds. The molecular weight excluding hydrogens is 332 g/mol. The van der Waals surface area contributed by atoms with E-state index >= 15 is 0 Å². The predicted molar refractivity (Wildman–Crippen MR) is 102 cm³/mol. The highest BCUT2D eigenvalue weighted by molar-refractivity contribution is 5.93. The van der Waals surface area contributed by atoms with E-state index in [1.165, 1.54) is 44.9 Å². The highest BCUT2D eigenvalue weighted by Crippen LogP contribution is 2.32. The number of epoxide rings is 1. The van der Waals surface area contributed by atoms with Crippen molar-refractivity contribution < 1.29 is 24.5 Å². The van der Waals surface area contributed by atoms with E-state index in [9.17, 15) is 9.59 Å². The van der Waals surface area contributed by atoms with Gasteiger partial charge in [-0.1, -0.05) is 77.7 Å². The second-order valence-corrected chi connectivity index (χ2v) is 7.48. The van der Waals surface area contributed by atoms with Crippen LogP contribution in [-0.4, -0.2) is 34.4 Å². The van der Waals surface area contributed by atoms with Gasteiger partial charge in [-0.2, -0.15) is 0 Å². The van der Waals surface area contributed by atoms with Crippen LogP contribution in [0.15, 0.2) is 12.2 Å². The molecular formula is C21H36O5. The maximum Gasteiger partial charge on any atom is 0.331 e. The lowest BCUT2D eigenvalue weighted by atomic mass is 9.93. The summed E-state index contributed by atoms with van der Waals surface area (Å²) >= 11 is 0. The highest BCUT2D eigenvalue weighted by atomic mass is 16.6. The van der Waals surface area contributed by atoms with Crippen molar-refractivity contribution in [2.24, 2.45) is 5.92 Å². The Morgan fingerprint density at radius 3 is 1.88 bits per heavy atom. The van der Waals surface area contributed by atoms with Crippen LogP contribution < -0.4 is 0 Å². The lowest BCUT2D eigenvalue weighted by Gasteiger charge is -2.11. The minimum absolute atomic E-state index is 0.221. The number of aliphatic carboxylic acids is 2. The van der Waals surface area contributed by atoms with Crippen LogP contribution in [0, 0.1) is 5.92 Å². The van der Waals surface area contributed by atoms with E-state index < -0.39 is 17.9 Å². The first-order valence-electron chi connectivity index (χ1n) is 10.3. The topological polar surface area (TPSA) is 87.1 Å². The largest absolute Gasteiger partial charge is 0.481 e. The summed E-state index contributed by atoms with van der Waals surface area (Å²) in [5.41, 5.74) is -0.221. The molecule has 1 heterocycles. The van der Waals surface area contributed by atoms with Gasteiger partial charge in [0.25, 0.3) is 0 Å². The van der Waals surface area contributed by atoms with E-state index in [0.717, 1.165) is 32.1 Å². The van der Waals surface area contributed by atoms with Crippen LogP contribution in [0.2, 0.25) is 0 Å². The fourth-order valence-corrected chi connectivity index (χ4v) is 3.46. The molecule has 1 aliphatic heterocycles. The predicted octanol–water partition coefficient (Wildman–Crippen LogP) is 5.19. The summed E-state index contributed by atoms with van der Waals surface area (Å²) in [7, 11) is 0. The molecule has 0 saturated carbocycles. The summed E-state index contributed by atoms with van der Waals surface area (Å²) < 4.78 is 5.72. The quantitative estimate of drug-likeness (QED) is 0.210. The molecule has 0 aromatic rings. The Hall–Kier alpha value is -1.36. The maximum absolute atomic E-state index is 11.1. The maximum atomic E-state index is 11.1. The van der Waals surface area contributed by atoms with Crippen molar-refractivity contribution in [2.75, 3.05) is 0 Å². The van der Waals surface area contributed by atoms with Gasteiger partial charge in [-0.3, -0.25) is 4.79 Å². The average Bonchev–Trinajstić information content (AvgIpc) is 3.34. The van der Waals surface area contributed by atoms with E-state index in [0.29, 0.717) is 18.6 Å². The molecule has 1 saturated heterocycles. The Kier molecular flexibility index (Phi) is 11.3. The van der Waals surface area contributed by atoms with E-state index in [1.807, 2.05) is 0 Å². The van der Waals surface area contributed by atoms with Crippen molar-refractivity contribution in [2.45, 2.75) is 103 Å². The van der Waals surface area contributed by atoms with Gasteiger partial charge in [0, 0.05) is 5.57 Å². The number of hydrogen-bond acceptors (Lipinski definition) is 3. The Morgan fingerprint density at radius 1 is 0.885 bits per heavy atom. The van der Waals surface area contributed by atoms with Crippen LogP contribution in [0.25, 0.3) is 0 Å². The van der Waals surface area contributed by atoms with Crippen molar-refractivity contribution >= 4 is 11.9 Å². The Bertz CT molecular complexity index is 446. The SMILES string of the molecule is C=C(C(=O)O)C(CCCCCC[C@H]1OC1CCCCCCCC)C(=O)O. The van der Waals surface area contributed by atoms with Gasteiger partial charge in [0.2, 0.25) is 0 Å². The number of ether oxygens (including phenoxy) is 1. The Morgan fingerprint density at radius 2 is 1.38 bits per heavy atom. The summed E-state index contributed by atoms with van der Waals surface area (Å²) in [6.45, 7) is 5.61. The molecule has 2 unspecified atom stereocenters. The van der Waals surface area contributed by atoms with E-state index in [1.54, 1.807) is 0 Å². The molecule has 26 heavy (non-hydrogen) atoms. The van der Waals surface area contributed by atoms with Crippen LogP contribution in [-0.2, 0) is 14.3 Å². The number of carbonyl (C=O) groups is 2. The first-order chi connectivity index (χ1) is 12.5. The van der Waals surface area contributed by atoms with Crippen molar-refractivity contribution in [1.29, 1.82) is 0 Å². The summed E-state index contributed by atoms with van der Waals surface area (Å²) in [6, 6.07) is 0. The molecule has 0 spiro atoms. The van der Waals surface area contributed by atoms with Gasteiger partial charge in [0.05, 0.1) is 18.1 Å². The zero-order chi connectivity index (χ0) is 19.4. The molecule has 0 aromatic heterocycles. The number of carboxylic acids is 2. The van der Waals surface area contributed by atoms with E-state index in [-0.39, 0.29) is 5.57 Å². The van der Waals surface area contributed by atoms with Crippen LogP contribution in [0.5, 0.6) is 0 Å². The van der Waals surface area contributed by atoms with E-state index in [4.69, 9.17) is 14.9 Å². The third-order valence-corrected chi connectivity index (χ3v) is 5.25. The fraction of sp³-hybridized carbons (Fsp3) is 0.810. The van der Waals surface area contributed by atoms with Gasteiger partial charge < -0.3 is 14.9 Å². The molecule has 0 radical (unpaired) electrons. The summed E-state index contributed by atoms with van der Waals surface area (Å²) in [5, 5.41) is 18.0. The molecule has 150 valence electrons. The van der Waals surface area contributed by atoms with Crippen molar-refractivity contribution in [3.63, 3.8) is 0 Å². The summed E-state index contributed by atoms with van der Waals surface area (Å²) in [4.78, 5) is 22.0. The molecule has 0 aromatic carbocycles. The smallest absolute Gasteiger partial charge is 0.331 e. The standard InChI is InChI=1S/C21H36O5/c1-3-4-5-6-7-11-14-18-19(26-18)15-12-9-8-10-13-17(21(24)25)16(2)20(22)23/h17-19H,2-15H2,1H3,(H,22,23)(H,24,25)/t17?,18?,19-/m1/s1. The zero-order valence-corrected chi connectivity index (χ0v) is 16.3. The van der Waals surface area contributed by atoms with Gasteiger partial charge in [0.15, 0.2) is 0 Å². The number of unbranched alkanes of at least 4 members (excludes halogenated alkanes) is 8. The lowest BCUT2D eigenvalue weighted by Crippen LogP contribution is -2.20. The van der Waals surface area contributed by atoms with Crippen LogP contribution >= 0.6 is 0 Å². The molecule has 0 bridgehead atoms. The van der Waals surface area contributed by atoms with Gasteiger partial charge in [-0.25, -0.2) is 4.79 Å². The third kappa shape index (κ3) is 9.37. The Labute approximate surface area is 157 Å². The fourth-order valence-electron chi connectivity index (χ4n) is 3.46. The Balaban J connectivity index is 1.97. The van der Waals surface area contributed by atoms with Gasteiger partial charge in [-0.05, 0) is 19.3 Å². The zero-order valence-electron chi connectivity index (χ0n) is 16.3. The molecule has 1 aliphatic rings. The monoisotopic (exact) mass is 368 g/mol. The van der Waals surface area contributed by atoms with Crippen LogP contribution in [0.4, 0.5) is 0 Å². The van der Waals surface area contributed by atoms with Crippen LogP contribution in [0.1, 0.15) is 90.4 Å². The molecule has 5 nitrogen and oxygen atoms in total. The van der Waals surface area contributed by atoms with Crippen molar-refractivity contribution in [3.8, 4) is 0 Å². The molecule has 3 atom stereocenters. The lowest BCUT2D eigenvalue weighted by molar-refractivity contribution is -0.144.